The highest BCUT2D eigenvalue weighted by atomic mass is 127. The van der Waals surface area contributed by atoms with Crippen LogP contribution in [0.25, 0.3) is 6.08 Å². The lowest BCUT2D eigenvalue weighted by Crippen LogP contribution is -2.30. The van der Waals surface area contributed by atoms with Crippen molar-refractivity contribution >= 4 is 69.5 Å². The molecule has 226 valence electrons. The molecule has 0 atom stereocenters. The summed E-state index contributed by atoms with van der Waals surface area (Å²) in [6.45, 7) is 0. The molecule has 4 aromatic rings. The molecule has 0 aliphatic rings. The van der Waals surface area contributed by atoms with Crippen molar-refractivity contribution in [3.05, 3.63) is 111 Å². The van der Waals surface area contributed by atoms with E-state index in [0.29, 0.717) is 34.1 Å². The molecule has 0 radical (unpaired) electrons. The number of rotatable bonds is 12. The zero-order valence-corrected chi connectivity index (χ0v) is 27.2. The molecule has 0 saturated heterocycles. The van der Waals surface area contributed by atoms with E-state index < -0.39 is 11.8 Å². The monoisotopic (exact) mass is 723 g/mol. The maximum Gasteiger partial charge on any atom is 0.272 e. The second kappa shape index (κ2) is 15.8. The summed E-state index contributed by atoms with van der Waals surface area (Å²) in [6, 6.07) is 26.6. The minimum Gasteiger partial charge on any atom is -0.493 e. The van der Waals surface area contributed by atoms with Crippen LogP contribution in [0.15, 0.2) is 102 Å². The predicted molar refractivity (Wildman–Crippen MR) is 182 cm³/mol. The molecule has 0 aliphatic carbocycles. The Bertz CT molecular complexity index is 1620. The van der Waals surface area contributed by atoms with Gasteiger partial charge in [0.2, 0.25) is 11.7 Å². The third-order valence-electron chi connectivity index (χ3n) is 6.14. The van der Waals surface area contributed by atoms with Gasteiger partial charge in [0.1, 0.15) is 5.70 Å². The first kappa shape index (κ1) is 32.4. The molecule has 3 amide bonds. The number of carbonyl (C=O) groups excluding carboxylic acids is 3. The number of benzene rings is 4. The van der Waals surface area contributed by atoms with Gasteiger partial charge in [-0.1, -0.05) is 18.2 Å². The summed E-state index contributed by atoms with van der Waals surface area (Å²) in [5.41, 5.74) is 2.17. The zero-order valence-electron chi connectivity index (χ0n) is 24.2. The molecule has 4 aromatic carbocycles. The number of hydrogen-bond donors (Lipinski definition) is 3. The zero-order chi connectivity index (χ0) is 31.5. The number of hydrogen-bond acceptors (Lipinski definition) is 7. The average Bonchev–Trinajstić information content (AvgIpc) is 3.05. The molecule has 44 heavy (non-hydrogen) atoms. The van der Waals surface area contributed by atoms with E-state index in [2.05, 4.69) is 38.5 Å². The fourth-order valence-corrected chi connectivity index (χ4v) is 5.06. The fourth-order valence-electron chi connectivity index (χ4n) is 4.01. The van der Waals surface area contributed by atoms with Crippen molar-refractivity contribution in [2.24, 2.45) is 0 Å². The Morgan fingerprint density at radius 2 is 1.36 bits per heavy atom. The molecule has 0 aromatic heterocycles. The number of ether oxygens (including phenoxy) is 3. The Kier molecular flexibility index (Phi) is 11.7. The van der Waals surface area contributed by atoms with Crippen molar-refractivity contribution in [3.8, 4) is 17.2 Å². The van der Waals surface area contributed by atoms with Gasteiger partial charge in [0.05, 0.1) is 27.1 Å². The lowest BCUT2D eigenvalue weighted by Gasteiger charge is -2.15. The van der Waals surface area contributed by atoms with Gasteiger partial charge in [0.15, 0.2) is 11.5 Å². The van der Waals surface area contributed by atoms with Crippen molar-refractivity contribution in [1.82, 2.24) is 5.32 Å². The molecule has 0 saturated carbocycles. The van der Waals surface area contributed by atoms with Crippen molar-refractivity contribution in [1.29, 1.82) is 0 Å². The van der Waals surface area contributed by atoms with Gasteiger partial charge < -0.3 is 30.2 Å². The van der Waals surface area contributed by atoms with Crippen LogP contribution in [-0.4, -0.2) is 44.8 Å². The van der Waals surface area contributed by atoms with Gasteiger partial charge in [-0.2, -0.15) is 0 Å². The molecule has 0 aliphatic heterocycles. The Hall–Kier alpha value is -4.49. The largest absolute Gasteiger partial charge is 0.493 e. The second-order valence-corrected chi connectivity index (χ2v) is 11.5. The maximum absolute atomic E-state index is 13.5. The van der Waals surface area contributed by atoms with Crippen LogP contribution in [-0.2, 0) is 9.59 Å². The minimum atomic E-state index is -0.541. The maximum atomic E-state index is 13.5. The van der Waals surface area contributed by atoms with Crippen LogP contribution in [0.5, 0.6) is 17.2 Å². The van der Waals surface area contributed by atoms with E-state index >= 15 is 0 Å². The summed E-state index contributed by atoms with van der Waals surface area (Å²) >= 11 is 3.58. The van der Waals surface area contributed by atoms with Gasteiger partial charge in [-0.15, -0.1) is 11.8 Å². The summed E-state index contributed by atoms with van der Waals surface area (Å²) in [7, 11) is 4.49. The highest BCUT2D eigenvalue weighted by Crippen LogP contribution is 2.38. The Morgan fingerprint density at radius 1 is 0.773 bits per heavy atom. The lowest BCUT2D eigenvalue weighted by molar-refractivity contribution is -0.114. The van der Waals surface area contributed by atoms with Crippen molar-refractivity contribution < 1.29 is 28.6 Å². The summed E-state index contributed by atoms with van der Waals surface area (Å²) in [6.07, 6.45) is 1.52. The first-order valence-electron chi connectivity index (χ1n) is 13.3. The summed E-state index contributed by atoms with van der Waals surface area (Å²) in [5, 5.41) is 8.42. The number of halogens is 1. The summed E-state index contributed by atoms with van der Waals surface area (Å²) < 4.78 is 17.4. The van der Waals surface area contributed by atoms with Crippen LogP contribution in [0.2, 0.25) is 0 Å². The first-order chi connectivity index (χ1) is 21.3. The van der Waals surface area contributed by atoms with E-state index in [1.165, 1.54) is 39.2 Å². The fraction of sp³-hybridized carbons (Fsp3) is 0.121. The van der Waals surface area contributed by atoms with Crippen LogP contribution >= 0.6 is 34.4 Å². The lowest BCUT2D eigenvalue weighted by atomic mass is 10.1. The van der Waals surface area contributed by atoms with E-state index in [0.717, 1.165) is 14.2 Å². The molecule has 0 heterocycles. The summed E-state index contributed by atoms with van der Waals surface area (Å²) in [4.78, 5) is 39.7. The van der Waals surface area contributed by atoms with Crippen molar-refractivity contribution in [3.63, 3.8) is 0 Å². The standard InChI is InChI=1S/C33H30IN3O6S/c1-41-28-18-21(19-29(42-2)31(28)43-3)17-27(37-32(39)22-7-5-4-6-8-22)33(40)36-25-13-15-26(16-14-25)44-20-30(38)35-24-11-9-23(34)10-12-24/h4-19H,20H2,1-3H3,(H,35,38)(H,36,40)(H,37,39)/b27-17-. The van der Waals surface area contributed by atoms with Gasteiger partial charge in [-0.3, -0.25) is 14.4 Å². The van der Waals surface area contributed by atoms with E-state index in [-0.39, 0.29) is 17.4 Å². The van der Waals surface area contributed by atoms with E-state index in [1.54, 1.807) is 54.6 Å². The number of thioether (sulfide) groups is 1. The van der Waals surface area contributed by atoms with Crippen LogP contribution in [0.3, 0.4) is 0 Å². The number of anilines is 2. The third-order valence-corrected chi connectivity index (χ3v) is 7.87. The Balaban J connectivity index is 1.49. The van der Waals surface area contributed by atoms with Gasteiger partial charge >= 0.3 is 0 Å². The molecule has 0 spiro atoms. The third kappa shape index (κ3) is 9.01. The van der Waals surface area contributed by atoms with Crippen molar-refractivity contribution in [2.45, 2.75) is 4.90 Å². The Morgan fingerprint density at radius 3 is 1.95 bits per heavy atom. The topological polar surface area (TPSA) is 115 Å². The van der Waals surface area contributed by atoms with Gasteiger partial charge in [0.25, 0.3) is 11.8 Å². The highest BCUT2D eigenvalue weighted by molar-refractivity contribution is 14.1. The normalized spacial score (nSPS) is 10.9. The first-order valence-corrected chi connectivity index (χ1v) is 15.3. The second-order valence-electron chi connectivity index (χ2n) is 9.16. The van der Waals surface area contributed by atoms with Gasteiger partial charge in [-0.25, -0.2) is 0 Å². The molecule has 4 rings (SSSR count). The molecule has 0 unspecified atom stereocenters. The Labute approximate surface area is 273 Å². The molecule has 0 fully saturated rings. The number of nitrogens with one attached hydrogen (secondary N) is 3. The van der Waals surface area contributed by atoms with Gasteiger partial charge in [-0.05, 0) is 107 Å². The molecular formula is C33H30IN3O6S. The van der Waals surface area contributed by atoms with Crippen molar-refractivity contribution in [2.75, 3.05) is 37.7 Å². The van der Waals surface area contributed by atoms with Gasteiger partial charge in [0, 0.05) is 25.4 Å². The summed E-state index contributed by atoms with van der Waals surface area (Å²) in [5.74, 6) is 0.307. The van der Waals surface area contributed by atoms with E-state index in [9.17, 15) is 14.4 Å². The molecule has 3 N–H and O–H groups in total. The number of carbonyl (C=O) groups is 3. The molecule has 0 bridgehead atoms. The smallest absolute Gasteiger partial charge is 0.272 e. The quantitative estimate of drug-likeness (QED) is 0.0874. The minimum absolute atomic E-state index is 0.00107. The molecule has 11 heteroatoms. The SMILES string of the molecule is COc1cc(/C=C(\NC(=O)c2ccccc2)C(=O)Nc2ccc(SCC(=O)Nc3ccc(I)cc3)cc2)cc(OC)c1OC. The molecular weight excluding hydrogens is 693 g/mol. The number of amides is 3. The van der Waals surface area contributed by atoms with E-state index in [4.69, 9.17) is 14.2 Å². The van der Waals surface area contributed by atoms with Crippen LogP contribution < -0.4 is 30.2 Å². The van der Waals surface area contributed by atoms with E-state index in [1.807, 2.05) is 36.4 Å². The van der Waals surface area contributed by atoms with Crippen LogP contribution in [0.4, 0.5) is 11.4 Å². The average molecular weight is 724 g/mol. The number of methoxy groups -OCH3 is 3. The van der Waals surface area contributed by atoms with Crippen LogP contribution in [0, 0.1) is 3.57 Å². The highest BCUT2D eigenvalue weighted by Gasteiger charge is 2.18. The molecule has 9 nitrogen and oxygen atoms in total. The predicted octanol–water partition coefficient (Wildman–Crippen LogP) is 6.46. The van der Waals surface area contributed by atoms with Crippen LogP contribution in [0.1, 0.15) is 15.9 Å².